The molecule has 2 bridgehead atoms. The van der Waals surface area contributed by atoms with E-state index in [0.29, 0.717) is 43.6 Å². The van der Waals surface area contributed by atoms with Crippen LogP contribution >= 0.6 is 0 Å². The van der Waals surface area contributed by atoms with Gasteiger partial charge < -0.3 is 28.7 Å². The zero-order valence-electron chi connectivity index (χ0n) is 16.2. The number of rotatable bonds is 5. The third-order valence-electron chi connectivity index (χ3n) is 5.18. The minimum Gasteiger partial charge on any atom is -0.493 e. The monoisotopic (exact) mass is 378 g/mol. The molecule has 0 spiro atoms. The summed E-state index contributed by atoms with van der Waals surface area (Å²) in [4.78, 5) is 28.9. The Balaban J connectivity index is 1.80. The standard InChI is InChI=1S/C19H26N2O6/c1-20-14-9-21(8-13(19(20)23)10-27-11-14)17(22)7-12-5-15(24-2)18(26-4)16(6-12)25-3/h5-6,13-14H,7-11H2,1-4H3/t13-,14+/m1/s1. The molecule has 27 heavy (non-hydrogen) atoms. The highest BCUT2D eigenvalue weighted by Crippen LogP contribution is 2.38. The summed E-state index contributed by atoms with van der Waals surface area (Å²) in [5, 5.41) is 0. The van der Waals surface area contributed by atoms with Gasteiger partial charge in [0.05, 0.1) is 52.9 Å². The minimum absolute atomic E-state index is 0.0377. The topological polar surface area (TPSA) is 77.5 Å². The van der Waals surface area contributed by atoms with Crippen LogP contribution in [0, 0.1) is 5.92 Å². The lowest BCUT2D eigenvalue weighted by molar-refractivity contribution is -0.134. The van der Waals surface area contributed by atoms with Gasteiger partial charge in [-0.2, -0.15) is 0 Å². The Labute approximate surface area is 158 Å². The predicted molar refractivity (Wildman–Crippen MR) is 97.2 cm³/mol. The molecule has 0 saturated carbocycles. The lowest BCUT2D eigenvalue weighted by Gasteiger charge is -2.29. The molecule has 2 fully saturated rings. The Morgan fingerprint density at radius 3 is 2.37 bits per heavy atom. The smallest absolute Gasteiger partial charge is 0.229 e. The Kier molecular flexibility index (Phi) is 5.74. The number of methoxy groups -OCH3 is 3. The third kappa shape index (κ3) is 3.80. The van der Waals surface area contributed by atoms with E-state index in [1.54, 1.807) is 43.2 Å². The summed E-state index contributed by atoms with van der Waals surface area (Å²) >= 11 is 0. The van der Waals surface area contributed by atoms with Gasteiger partial charge in [-0.1, -0.05) is 0 Å². The number of hydrogen-bond acceptors (Lipinski definition) is 6. The van der Waals surface area contributed by atoms with Crippen molar-refractivity contribution in [3.8, 4) is 17.2 Å². The van der Waals surface area contributed by atoms with Gasteiger partial charge in [-0.05, 0) is 17.7 Å². The summed E-state index contributed by atoms with van der Waals surface area (Å²) in [5.74, 6) is 1.20. The molecule has 2 amide bonds. The normalized spacial score (nSPS) is 22.3. The molecular formula is C19H26N2O6. The molecule has 0 radical (unpaired) electrons. The van der Waals surface area contributed by atoms with E-state index >= 15 is 0 Å². The fourth-order valence-corrected chi connectivity index (χ4v) is 3.63. The van der Waals surface area contributed by atoms with Crippen molar-refractivity contribution in [3.63, 3.8) is 0 Å². The molecule has 2 saturated heterocycles. The number of carbonyl (C=O) groups is 2. The van der Waals surface area contributed by atoms with Crippen molar-refractivity contribution in [2.45, 2.75) is 12.5 Å². The quantitative estimate of drug-likeness (QED) is 0.746. The summed E-state index contributed by atoms with van der Waals surface area (Å²) in [7, 11) is 6.40. The van der Waals surface area contributed by atoms with Gasteiger partial charge >= 0.3 is 0 Å². The maximum atomic E-state index is 13.0. The van der Waals surface area contributed by atoms with Crippen molar-refractivity contribution in [3.05, 3.63) is 17.7 Å². The van der Waals surface area contributed by atoms with Crippen LogP contribution in [0.15, 0.2) is 12.1 Å². The number of carbonyl (C=O) groups excluding carboxylic acids is 2. The summed E-state index contributed by atoms with van der Waals surface area (Å²) < 4.78 is 21.6. The molecule has 8 nitrogen and oxygen atoms in total. The molecule has 2 aliphatic heterocycles. The van der Waals surface area contributed by atoms with Gasteiger partial charge in [-0.3, -0.25) is 9.59 Å². The number of amides is 2. The Bertz CT molecular complexity index is 697. The van der Waals surface area contributed by atoms with Crippen LogP contribution in [0.25, 0.3) is 0 Å². The van der Waals surface area contributed by atoms with Gasteiger partial charge in [-0.15, -0.1) is 0 Å². The molecule has 2 heterocycles. The molecule has 2 aliphatic rings. The lowest BCUT2D eigenvalue weighted by Crippen LogP contribution is -2.45. The number of likely N-dealkylation sites (N-methyl/N-ethyl adjacent to an activating group) is 1. The first-order valence-corrected chi connectivity index (χ1v) is 8.89. The van der Waals surface area contributed by atoms with Crippen LogP contribution in [-0.4, -0.2) is 82.3 Å². The van der Waals surface area contributed by atoms with E-state index in [0.717, 1.165) is 5.56 Å². The number of hydrogen-bond donors (Lipinski definition) is 0. The van der Waals surface area contributed by atoms with Gasteiger partial charge in [0.15, 0.2) is 11.5 Å². The van der Waals surface area contributed by atoms with E-state index in [1.165, 1.54) is 7.11 Å². The van der Waals surface area contributed by atoms with Crippen LogP contribution in [0.5, 0.6) is 17.2 Å². The Morgan fingerprint density at radius 2 is 1.78 bits per heavy atom. The van der Waals surface area contributed by atoms with Crippen LogP contribution in [0.3, 0.4) is 0 Å². The van der Waals surface area contributed by atoms with Crippen LogP contribution in [-0.2, 0) is 20.7 Å². The maximum absolute atomic E-state index is 13.0. The predicted octanol–water partition coefficient (Wildman–Crippen LogP) is 0.571. The number of fused-ring (bicyclic) bond motifs is 3. The van der Waals surface area contributed by atoms with E-state index < -0.39 is 0 Å². The summed E-state index contributed by atoms with van der Waals surface area (Å²) in [5.41, 5.74) is 0.764. The summed E-state index contributed by atoms with van der Waals surface area (Å²) in [6.07, 6.45) is 0.189. The van der Waals surface area contributed by atoms with Gasteiger partial charge in [0.2, 0.25) is 17.6 Å². The lowest BCUT2D eigenvalue weighted by atomic mass is 10.1. The van der Waals surface area contributed by atoms with Crippen molar-refractivity contribution < 1.29 is 28.5 Å². The highest BCUT2D eigenvalue weighted by atomic mass is 16.5. The first-order valence-electron chi connectivity index (χ1n) is 8.89. The van der Waals surface area contributed by atoms with Gasteiger partial charge in [-0.25, -0.2) is 0 Å². The zero-order valence-corrected chi connectivity index (χ0v) is 16.2. The highest BCUT2D eigenvalue weighted by Gasteiger charge is 2.38. The van der Waals surface area contributed by atoms with Crippen molar-refractivity contribution in [2.75, 3.05) is 54.7 Å². The second-order valence-corrected chi connectivity index (χ2v) is 6.85. The van der Waals surface area contributed by atoms with Crippen LogP contribution in [0.1, 0.15) is 5.56 Å². The van der Waals surface area contributed by atoms with E-state index in [1.807, 2.05) is 0 Å². The fraction of sp³-hybridized carbons (Fsp3) is 0.579. The molecule has 3 rings (SSSR count). The van der Waals surface area contributed by atoms with E-state index in [2.05, 4.69) is 0 Å². The van der Waals surface area contributed by atoms with E-state index in [-0.39, 0.29) is 30.2 Å². The molecule has 0 aromatic heterocycles. The molecule has 1 aromatic rings. The molecule has 0 N–H and O–H groups in total. The SMILES string of the molecule is COc1cc(CC(=O)N2C[C@@H]3COC[C@H](C2)N(C)C3=O)cc(OC)c1OC. The molecule has 0 unspecified atom stereocenters. The summed E-state index contributed by atoms with van der Waals surface area (Å²) in [6.45, 7) is 1.66. The first kappa shape index (κ1) is 19.3. The Morgan fingerprint density at radius 1 is 1.11 bits per heavy atom. The molecule has 1 aromatic carbocycles. The number of ether oxygens (including phenoxy) is 4. The second-order valence-electron chi connectivity index (χ2n) is 6.85. The van der Waals surface area contributed by atoms with Crippen molar-refractivity contribution in [2.24, 2.45) is 5.92 Å². The van der Waals surface area contributed by atoms with Crippen LogP contribution < -0.4 is 14.2 Å². The highest BCUT2D eigenvalue weighted by molar-refractivity contribution is 5.83. The van der Waals surface area contributed by atoms with Crippen molar-refractivity contribution in [1.29, 1.82) is 0 Å². The van der Waals surface area contributed by atoms with Crippen molar-refractivity contribution in [1.82, 2.24) is 9.80 Å². The largest absolute Gasteiger partial charge is 0.493 e. The molecule has 148 valence electrons. The van der Waals surface area contributed by atoms with Crippen LogP contribution in [0.2, 0.25) is 0 Å². The Hall–Kier alpha value is -2.48. The maximum Gasteiger partial charge on any atom is 0.229 e. The van der Waals surface area contributed by atoms with Crippen LogP contribution in [0.4, 0.5) is 0 Å². The van der Waals surface area contributed by atoms with Gasteiger partial charge in [0, 0.05) is 20.1 Å². The van der Waals surface area contributed by atoms with Crippen molar-refractivity contribution >= 4 is 11.8 Å². The zero-order chi connectivity index (χ0) is 19.6. The van der Waals surface area contributed by atoms with Gasteiger partial charge in [0.25, 0.3) is 0 Å². The average Bonchev–Trinajstić information content (AvgIpc) is 2.85. The number of nitrogens with zero attached hydrogens (tertiary/aromatic N) is 2. The van der Waals surface area contributed by atoms with E-state index in [4.69, 9.17) is 18.9 Å². The summed E-state index contributed by atoms with van der Waals surface area (Å²) in [6, 6.07) is 3.44. The van der Waals surface area contributed by atoms with E-state index in [9.17, 15) is 9.59 Å². The molecule has 2 atom stereocenters. The fourth-order valence-electron chi connectivity index (χ4n) is 3.63. The first-order chi connectivity index (χ1) is 13.0. The molecule has 8 heteroatoms. The number of benzene rings is 1. The third-order valence-corrected chi connectivity index (χ3v) is 5.18. The average molecular weight is 378 g/mol. The molecular weight excluding hydrogens is 352 g/mol. The minimum atomic E-state index is -0.314. The molecule has 0 aliphatic carbocycles. The van der Waals surface area contributed by atoms with Gasteiger partial charge in [0.1, 0.15) is 0 Å². The second kappa shape index (κ2) is 8.04.